The highest BCUT2D eigenvalue weighted by molar-refractivity contribution is 6.43. The Labute approximate surface area is 140 Å². The highest BCUT2D eigenvalue weighted by Gasteiger charge is 2.22. The fraction of sp³-hybridized carbons (Fsp3) is 0.412. The highest BCUT2D eigenvalue weighted by Crippen LogP contribution is 2.24. The molecule has 0 spiro atoms. The lowest BCUT2D eigenvalue weighted by Gasteiger charge is -2.18. The number of amides is 2. The molecule has 1 aliphatic rings. The number of carbonyl (C=O) groups is 2. The summed E-state index contributed by atoms with van der Waals surface area (Å²) in [6.45, 7) is 6.27. The fourth-order valence-corrected chi connectivity index (χ4v) is 2.48. The van der Waals surface area contributed by atoms with Gasteiger partial charge in [0.1, 0.15) is 11.5 Å². The molecular weight excluding hydrogens is 306 g/mol. The molecule has 1 aliphatic heterocycles. The molecule has 0 bridgehead atoms. The molecule has 0 radical (unpaired) electrons. The lowest BCUT2D eigenvalue weighted by Crippen LogP contribution is -2.34. The number of H-pyrrole nitrogens is 1. The Morgan fingerprint density at radius 1 is 1.29 bits per heavy atom. The highest BCUT2D eigenvalue weighted by atomic mass is 16.2. The number of rotatable bonds is 2. The normalized spacial score (nSPS) is 15.6. The van der Waals surface area contributed by atoms with Crippen LogP contribution in [-0.2, 0) is 15.0 Å². The molecule has 7 heteroatoms. The number of nitrogens with one attached hydrogen (secondary N) is 2. The van der Waals surface area contributed by atoms with Gasteiger partial charge < -0.3 is 10.3 Å². The second-order valence-corrected chi connectivity index (χ2v) is 6.99. The average Bonchev–Trinajstić information content (AvgIpc) is 2.93. The number of benzene rings is 1. The maximum absolute atomic E-state index is 12.3. The first-order chi connectivity index (χ1) is 11.2. The van der Waals surface area contributed by atoms with Crippen LogP contribution in [0.15, 0.2) is 23.3 Å². The molecule has 1 aromatic carbocycles. The number of nitrogens with zero attached hydrogens (tertiary/aromatic N) is 3. The zero-order valence-electron chi connectivity index (χ0n) is 14.3. The molecule has 24 heavy (non-hydrogen) atoms. The van der Waals surface area contributed by atoms with Crippen LogP contribution >= 0.6 is 0 Å². The average molecular weight is 327 g/mol. The van der Waals surface area contributed by atoms with Gasteiger partial charge in [-0.25, -0.2) is 9.99 Å². The van der Waals surface area contributed by atoms with Crippen LogP contribution in [-0.4, -0.2) is 39.6 Å². The maximum Gasteiger partial charge on any atom is 0.271 e. The van der Waals surface area contributed by atoms with Gasteiger partial charge in [-0.05, 0) is 18.2 Å². The van der Waals surface area contributed by atoms with Crippen molar-refractivity contribution in [1.82, 2.24) is 15.0 Å². The van der Waals surface area contributed by atoms with Crippen molar-refractivity contribution in [3.63, 3.8) is 0 Å². The van der Waals surface area contributed by atoms with Gasteiger partial charge in [0.25, 0.3) is 5.91 Å². The molecule has 1 aromatic heterocycles. The molecule has 0 atom stereocenters. The molecule has 3 rings (SSSR count). The van der Waals surface area contributed by atoms with Crippen molar-refractivity contribution in [2.75, 3.05) is 12.4 Å². The quantitative estimate of drug-likeness (QED) is 0.887. The van der Waals surface area contributed by atoms with Gasteiger partial charge in [-0.1, -0.05) is 20.8 Å². The third-order valence-electron chi connectivity index (χ3n) is 3.92. The summed E-state index contributed by atoms with van der Waals surface area (Å²) in [4.78, 5) is 31.6. The van der Waals surface area contributed by atoms with Crippen LogP contribution in [0.4, 0.5) is 5.69 Å². The minimum Gasteiger partial charge on any atom is -0.341 e. The first-order valence-electron chi connectivity index (χ1n) is 7.90. The van der Waals surface area contributed by atoms with Gasteiger partial charge in [-0.3, -0.25) is 9.59 Å². The van der Waals surface area contributed by atoms with Crippen LogP contribution in [0, 0.1) is 0 Å². The van der Waals surface area contributed by atoms with Gasteiger partial charge >= 0.3 is 0 Å². The van der Waals surface area contributed by atoms with Crippen molar-refractivity contribution in [2.24, 2.45) is 5.10 Å². The number of aromatic nitrogens is 2. The van der Waals surface area contributed by atoms with E-state index in [9.17, 15) is 9.59 Å². The molecule has 2 N–H and O–H groups in total. The molecule has 126 valence electrons. The number of hydrogen-bond acceptors (Lipinski definition) is 4. The lowest BCUT2D eigenvalue weighted by molar-refractivity contribution is -0.130. The predicted octanol–water partition coefficient (Wildman–Crippen LogP) is 2.41. The van der Waals surface area contributed by atoms with Gasteiger partial charge in [0.05, 0.1) is 11.0 Å². The molecule has 2 heterocycles. The third-order valence-corrected chi connectivity index (χ3v) is 3.92. The number of carbonyl (C=O) groups excluding carboxylic acids is 2. The minimum absolute atomic E-state index is 0.0730. The monoisotopic (exact) mass is 327 g/mol. The van der Waals surface area contributed by atoms with Crippen molar-refractivity contribution < 1.29 is 9.59 Å². The molecule has 0 saturated heterocycles. The Balaban J connectivity index is 1.81. The summed E-state index contributed by atoms with van der Waals surface area (Å²) < 4.78 is 0. The van der Waals surface area contributed by atoms with E-state index in [0.717, 1.165) is 16.9 Å². The van der Waals surface area contributed by atoms with Gasteiger partial charge in [-0.15, -0.1) is 0 Å². The largest absolute Gasteiger partial charge is 0.341 e. The summed E-state index contributed by atoms with van der Waals surface area (Å²) in [5, 5.41) is 8.07. The van der Waals surface area contributed by atoms with E-state index < -0.39 is 0 Å². The molecule has 2 aromatic rings. The Kier molecular flexibility index (Phi) is 3.87. The Morgan fingerprint density at radius 3 is 2.71 bits per heavy atom. The van der Waals surface area contributed by atoms with E-state index in [4.69, 9.17) is 0 Å². The molecule has 0 fully saturated rings. The summed E-state index contributed by atoms with van der Waals surface area (Å²) in [5.74, 6) is 0.530. The SMILES string of the molecule is CN1N=C(C(=O)Nc2ccc3nc(C(C)(C)C)[nH]c3c2)CCC1=O. The molecule has 7 nitrogen and oxygen atoms in total. The number of anilines is 1. The van der Waals surface area contributed by atoms with Gasteiger partial charge in [-0.2, -0.15) is 5.10 Å². The zero-order valence-corrected chi connectivity index (χ0v) is 14.3. The second kappa shape index (κ2) is 5.74. The zero-order chi connectivity index (χ0) is 17.5. The van der Waals surface area contributed by atoms with Crippen molar-refractivity contribution in [1.29, 1.82) is 0 Å². The third kappa shape index (κ3) is 3.15. The lowest BCUT2D eigenvalue weighted by atomic mass is 9.96. The van der Waals surface area contributed by atoms with Crippen molar-refractivity contribution in [2.45, 2.75) is 39.0 Å². The van der Waals surface area contributed by atoms with Crippen LogP contribution in [0.25, 0.3) is 11.0 Å². The Morgan fingerprint density at radius 2 is 2.04 bits per heavy atom. The number of hydrazone groups is 1. The van der Waals surface area contributed by atoms with Crippen molar-refractivity contribution in [3.8, 4) is 0 Å². The van der Waals surface area contributed by atoms with Gasteiger partial charge in [0.2, 0.25) is 5.91 Å². The standard InChI is InChI=1S/C17H21N5O2/c1-17(2,3)16-19-11-6-5-10(9-13(11)20-16)18-15(24)12-7-8-14(23)22(4)21-12/h5-6,9H,7-8H2,1-4H3,(H,18,24)(H,19,20). The van der Waals surface area contributed by atoms with E-state index in [1.165, 1.54) is 5.01 Å². The van der Waals surface area contributed by atoms with E-state index in [-0.39, 0.29) is 17.2 Å². The molecule has 0 unspecified atom stereocenters. The minimum atomic E-state index is -0.288. The van der Waals surface area contributed by atoms with Crippen LogP contribution in [0.1, 0.15) is 39.4 Å². The van der Waals surface area contributed by atoms with E-state index in [2.05, 4.69) is 41.2 Å². The van der Waals surface area contributed by atoms with Crippen LogP contribution < -0.4 is 5.32 Å². The van der Waals surface area contributed by atoms with Crippen molar-refractivity contribution >= 4 is 34.2 Å². The smallest absolute Gasteiger partial charge is 0.271 e. The maximum atomic E-state index is 12.3. The number of hydrogen-bond donors (Lipinski definition) is 2. The molecule has 0 saturated carbocycles. The first kappa shape index (κ1) is 16.2. The van der Waals surface area contributed by atoms with E-state index in [1.54, 1.807) is 7.05 Å². The summed E-state index contributed by atoms with van der Waals surface area (Å²) >= 11 is 0. The van der Waals surface area contributed by atoms with Gasteiger partial charge in [0, 0.05) is 31.0 Å². The van der Waals surface area contributed by atoms with Gasteiger partial charge in [0.15, 0.2) is 0 Å². The summed E-state index contributed by atoms with van der Waals surface area (Å²) in [7, 11) is 1.56. The van der Waals surface area contributed by atoms with Crippen LogP contribution in [0.2, 0.25) is 0 Å². The fourth-order valence-electron chi connectivity index (χ4n) is 2.48. The van der Waals surface area contributed by atoms with E-state index >= 15 is 0 Å². The van der Waals surface area contributed by atoms with Crippen molar-refractivity contribution in [3.05, 3.63) is 24.0 Å². The Bertz CT molecular complexity index is 844. The van der Waals surface area contributed by atoms with E-state index in [0.29, 0.717) is 24.2 Å². The molecule has 0 aliphatic carbocycles. The first-order valence-corrected chi connectivity index (χ1v) is 7.90. The topological polar surface area (TPSA) is 90.4 Å². The number of aromatic amines is 1. The summed E-state index contributed by atoms with van der Waals surface area (Å²) in [5.41, 5.74) is 2.68. The molecular formula is C17H21N5O2. The number of fused-ring (bicyclic) bond motifs is 1. The van der Waals surface area contributed by atoms with Crippen LogP contribution in [0.5, 0.6) is 0 Å². The summed E-state index contributed by atoms with van der Waals surface area (Å²) in [6.07, 6.45) is 0.659. The summed E-state index contributed by atoms with van der Waals surface area (Å²) in [6, 6.07) is 5.54. The Hall–Kier alpha value is -2.70. The van der Waals surface area contributed by atoms with Crippen LogP contribution in [0.3, 0.4) is 0 Å². The second-order valence-electron chi connectivity index (χ2n) is 6.99. The number of imidazole rings is 1. The molecule has 2 amide bonds. The predicted molar refractivity (Wildman–Crippen MR) is 92.9 cm³/mol. The van der Waals surface area contributed by atoms with E-state index in [1.807, 2.05) is 18.2 Å².